The van der Waals surface area contributed by atoms with Crippen molar-refractivity contribution in [2.24, 2.45) is 0 Å². The number of benzene rings is 1. The van der Waals surface area contributed by atoms with Gasteiger partial charge in [0.05, 0.1) is 11.3 Å². The van der Waals surface area contributed by atoms with Gasteiger partial charge < -0.3 is 9.67 Å². The van der Waals surface area contributed by atoms with Crippen LogP contribution in [-0.2, 0) is 10.0 Å². The van der Waals surface area contributed by atoms with Crippen LogP contribution in [0.3, 0.4) is 0 Å². The summed E-state index contributed by atoms with van der Waals surface area (Å²) >= 11 is 5.87. The fourth-order valence-corrected chi connectivity index (χ4v) is 2.85. The van der Waals surface area contributed by atoms with E-state index in [1.165, 1.54) is 30.7 Å². The molecule has 1 heterocycles. The van der Waals surface area contributed by atoms with Gasteiger partial charge in [0.15, 0.2) is 5.03 Å². The van der Waals surface area contributed by atoms with E-state index < -0.39 is 10.0 Å². The summed E-state index contributed by atoms with van der Waals surface area (Å²) in [6.45, 7) is 3.82. The number of phenolic OH excluding ortho intramolecular Hbond substituents is 1. The number of aromatic nitrogens is 2. The van der Waals surface area contributed by atoms with Crippen LogP contribution < -0.4 is 4.72 Å². The highest BCUT2D eigenvalue weighted by molar-refractivity contribution is 7.92. The number of nitrogens with one attached hydrogen (secondary N) is 1. The molecule has 2 rings (SSSR count). The number of anilines is 1. The molecule has 108 valence electrons. The third-order valence-electron chi connectivity index (χ3n) is 2.68. The molecule has 0 unspecified atom stereocenters. The minimum atomic E-state index is -3.90. The fraction of sp³-hybridized carbons (Fsp3) is 0.250. The van der Waals surface area contributed by atoms with Gasteiger partial charge in [-0.3, -0.25) is 4.72 Å². The summed E-state index contributed by atoms with van der Waals surface area (Å²) in [4.78, 5) is 3.85. The van der Waals surface area contributed by atoms with Crippen LogP contribution in [0.2, 0.25) is 5.02 Å². The lowest BCUT2D eigenvalue weighted by atomic mass is 10.3. The van der Waals surface area contributed by atoms with Crippen LogP contribution in [0.25, 0.3) is 0 Å². The Hall–Kier alpha value is -1.73. The molecule has 0 atom stereocenters. The van der Waals surface area contributed by atoms with Gasteiger partial charge in [-0.15, -0.1) is 0 Å². The predicted molar refractivity (Wildman–Crippen MR) is 76.5 cm³/mol. The number of sulfonamides is 1. The molecule has 0 amide bonds. The molecule has 0 fully saturated rings. The smallest absolute Gasteiger partial charge is 0.281 e. The molecule has 0 aliphatic heterocycles. The Kier molecular flexibility index (Phi) is 3.92. The summed E-state index contributed by atoms with van der Waals surface area (Å²) < 4.78 is 28.3. The summed E-state index contributed by atoms with van der Waals surface area (Å²) in [7, 11) is -3.90. The summed E-state index contributed by atoms with van der Waals surface area (Å²) in [6.07, 6.45) is 2.85. The van der Waals surface area contributed by atoms with Crippen molar-refractivity contribution in [3.8, 4) is 5.75 Å². The monoisotopic (exact) mass is 315 g/mol. The van der Waals surface area contributed by atoms with Crippen molar-refractivity contribution in [3.63, 3.8) is 0 Å². The van der Waals surface area contributed by atoms with Crippen LogP contribution in [0, 0.1) is 0 Å². The number of hydrogen-bond donors (Lipinski definition) is 2. The van der Waals surface area contributed by atoms with E-state index in [1.807, 2.05) is 13.8 Å². The van der Waals surface area contributed by atoms with Gasteiger partial charge in [-0.1, -0.05) is 17.7 Å². The lowest BCUT2D eigenvalue weighted by Gasteiger charge is -2.09. The first kappa shape index (κ1) is 14.7. The second-order valence-corrected chi connectivity index (χ2v) is 6.53. The molecular formula is C12H14ClN3O3S. The lowest BCUT2D eigenvalue weighted by molar-refractivity contribution is 0.477. The third-order valence-corrected chi connectivity index (χ3v) is 4.23. The van der Waals surface area contributed by atoms with E-state index in [9.17, 15) is 13.5 Å². The average Bonchev–Trinajstić information content (AvgIpc) is 2.84. The van der Waals surface area contributed by atoms with Gasteiger partial charge >= 0.3 is 0 Å². The molecule has 0 saturated carbocycles. The first-order chi connectivity index (χ1) is 9.31. The number of phenols is 1. The highest BCUT2D eigenvalue weighted by atomic mass is 35.5. The Morgan fingerprint density at radius 2 is 2.10 bits per heavy atom. The SMILES string of the molecule is CC(C)n1cnc(S(=O)(=O)Nc2c(O)cccc2Cl)c1. The van der Waals surface area contributed by atoms with Crippen LogP contribution in [0.15, 0.2) is 35.7 Å². The molecule has 0 aliphatic rings. The highest BCUT2D eigenvalue weighted by Crippen LogP contribution is 2.32. The number of nitrogens with zero attached hydrogens (tertiary/aromatic N) is 2. The molecule has 1 aromatic carbocycles. The van der Waals surface area contributed by atoms with Crippen molar-refractivity contribution < 1.29 is 13.5 Å². The maximum atomic E-state index is 12.2. The van der Waals surface area contributed by atoms with E-state index in [4.69, 9.17) is 11.6 Å². The van der Waals surface area contributed by atoms with Gasteiger partial charge in [0.2, 0.25) is 0 Å². The molecule has 1 aromatic heterocycles. The molecule has 0 radical (unpaired) electrons. The van der Waals surface area contributed by atoms with Crippen LogP contribution >= 0.6 is 11.6 Å². The van der Waals surface area contributed by atoms with E-state index in [0.717, 1.165) is 0 Å². The molecule has 0 bridgehead atoms. The zero-order chi connectivity index (χ0) is 14.9. The molecule has 0 aliphatic carbocycles. The second-order valence-electron chi connectivity index (χ2n) is 4.49. The van der Waals surface area contributed by atoms with Gasteiger partial charge in [0, 0.05) is 12.2 Å². The van der Waals surface area contributed by atoms with Crippen LogP contribution in [0.1, 0.15) is 19.9 Å². The Bertz CT molecular complexity index is 705. The molecule has 20 heavy (non-hydrogen) atoms. The van der Waals surface area contributed by atoms with Crippen molar-refractivity contribution in [1.29, 1.82) is 0 Å². The van der Waals surface area contributed by atoms with Crippen molar-refractivity contribution in [1.82, 2.24) is 9.55 Å². The van der Waals surface area contributed by atoms with Gasteiger partial charge in [-0.2, -0.15) is 8.42 Å². The van der Waals surface area contributed by atoms with Crippen molar-refractivity contribution in [2.75, 3.05) is 4.72 Å². The Morgan fingerprint density at radius 1 is 1.40 bits per heavy atom. The average molecular weight is 316 g/mol. The van der Waals surface area contributed by atoms with Gasteiger partial charge in [0.1, 0.15) is 11.4 Å². The zero-order valence-electron chi connectivity index (χ0n) is 10.9. The molecule has 2 N–H and O–H groups in total. The Balaban J connectivity index is 2.36. The topological polar surface area (TPSA) is 84.2 Å². The summed E-state index contributed by atoms with van der Waals surface area (Å²) in [5.41, 5.74) is -0.0618. The van der Waals surface area contributed by atoms with E-state index in [2.05, 4.69) is 9.71 Å². The number of hydrogen-bond acceptors (Lipinski definition) is 4. The Morgan fingerprint density at radius 3 is 2.65 bits per heavy atom. The molecule has 2 aromatic rings. The minimum Gasteiger partial charge on any atom is -0.506 e. The quantitative estimate of drug-likeness (QED) is 0.849. The number of para-hydroxylation sites is 1. The first-order valence-electron chi connectivity index (χ1n) is 5.85. The number of imidazole rings is 1. The zero-order valence-corrected chi connectivity index (χ0v) is 12.5. The van der Waals surface area contributed by atoms with Gasteiger partial charge in [-0.25, -0.2) is 4.98 Å². The predicted octanol–water partition coefficient (Wildman–Crippen LogP) is 2.62. The van der Waals surface area contributed by atoms with Crippen LogP contribution in [0.4, 0.5) is 5.69 Å². The lowest BCUT2D eigenvalue weighted by Crippen LogP contribution is -2.14. The van der Waals surface area contributed by atoms with E-state index >= 15 is 0 Å². The molecule has 6 nitrogen and oxygen atoms in total. The number of halogens is 1. The van der Waals surface area contributed by atoms with Crippen molar-refractivity contribution >= 4 is 27.3 Å². The second kappa shape index (κ2) is 5.34. The van der Waals surface area contributed by atoms with E-state index in [1.54, 1.807) is 4.57 Å². The Labute approximate surface area is 122 Å². The summed E-state index contributed by atoms with van der Waals surface area (Å²) in [5.74, 6) is -0.246. The number of aromatic hydroxyl groups is 1. The highest BCUT2D eigenvalue weighted by Gasteiger charge is 2.21. The molecule has 8 heteroatoms. The van der Waals surface area contributed by atoms with E-state index in [-0.39, 0.29) is 27.5 Å². The fourth-order valence-electron chi connectivity index (χ4n) is 1.54. The summed E-state index contributed by atoms with van der Waals surface area (Å²) in [6, 6.07) is 4.44. The van der Waals surface area contributed by atoms with Crippen molar-refractivity contribution in [2.45, 2.75) is 24.9 Å². The molecule has 0 spiro atoms. The standard InChI is InChI=1S/C12H14ClN3O3S/c1-8(2)16-6-11(14-7-16)20(18,19)15-12-9(13)4-3-5-10(12)17/h3-8,15,17H,1-2H3. The largest absolute Gasteiger partial charge is 0.506 e. The van der Waals surface area contributed by atoms with Gasteiger partial charge in [-0.05, 0) is 26.0 Å². The van der Waals surface area contributed by atoms with Crippen LogP contribution in [-0.4, -0.2) is 23.1 Å². The maximum absolute atomic E-state index is 12.2. The minimum absolute atomic E-state index is 0.0618. The van der Waals surface area contributed by atoms with E-state index in [0.29, 0.717) is 0 Å². The maximum Gasteiger partial charge on any atom is 0.281 e. The first-order valence-corrected chi connectivity index (χ1v) is 7.71. The normalized spacial score (nSPS) is 11.8. The van der Waals surface area contributed by atoms with Gasteiger partial charge in [0.25, 0.3) is 10.0 Å². The van der Waals surface area contributed by atoms with Crippen LogP contribution in [0.5, 0.6) is 5.75 Å². The van der Waals surface area contributed by atoms with Crippen molar-refractivity contribution in [3.05, 3.63) is 35.7 Å². The summed E-state index contributed by atoms with van der Waals surface area (Å²) in [5, 5.41) is 9.63. The molecule has 0 saturated heterocycles. The number of rotatable bonds is 4. The molecular weight excluding hydrogens is 302 g/mol. The third kappa shape index (κ3) is 2.88.